The largest absolute Gasteiger partial charge is 0.454 e. The first-order chi connectivity index (χ1) is 6.30. The molecule has 0 atom stereocenters. The van der Waals surface area contributed by atoms with Crippen molar-refractivity contribution >= 4 is 33.3 Å². The van der Waals surface area contributed by atoms with Crippen molar-refractivity contribution in [2.75, 3.05) is 0 Å². The smallest absolute Gasteiger partial charge is 0.284 e. The molecule has 1 nitrogen and oxygen atoms in total. The minimum Gasteiger partial charge on any atom is -0.284 e. The highest BCUT2D eigenvalue weighted by atomic mass is 79.9. The Morgan fingerprint density at radius 2 is 1.86 bits per heavy atom. The van der Waals surface area contributed by atoms with Crippen LogP contribution in [0.1, 0.15) is 10.4 Å². The maximum atomic E-state index is 12.0. The van der Waals surface area contributed by atoms with Gasteiger partial charge in [-0.2, -0.15) is 13.2 Å². The highest BCUT2D eigenvalue weighted by molar-refractivity contribution is 9.10. The van der Waals surface area contributed by atoms with Gasteiger partial charge < -0.3 is 0 Å². The highest BCUT2D eigenvalue weighted by Gasteiger charge is 2.39. The molecule has 0 aliphatic heterocycles. The van der Waals surface area contributed by atoms with Gasteiger partial charge in [-0.15, -0.1) is 0 Å². The molecule has 0 bridgehead atoms. The van der Waals surface area contributed by atoms with E-state index >= 15 is 0 Å². The van der Waals surface area contributed by atoms with Crippen molar-refractivity contribution in [3.05, 3.63) is 33.3 Å². The third-order valence-corrected chi connectivity index (χ3v) is 2.06. The van der Waals surface area contributed by atoms with Gasteiger partial charge in [0.05, 0.1) is 0 Å². The molecule has 0 radical (unpaired) electrons. The van der Waals surface area contributed by atoms with Gasteiger partial charge in [0.2, 0.25) is 0 Å². The molecule has 14 heavy (non-hydrogen) atoms. The van der Waals surface area contributed by atoms with Gasteiger partial charge in [0.15, 0.2) is 0 Å². The van der Waals surface area contributed by atoms with Crippen LogP contribution in [0.4, 0.5) is 13.2 Å². The molecule has 6 heteroatoms. The van der Waals surface area contributed by atoms with E-state index in [1.54, 1.807) is 0 Å². The van der Waals surface area contributed by atoms with Crippen molar-refractivity contribution in [2.24, 2.45) is 0 Å². The minimum atomic E-state index is -4.87. The van der Waals surface area contributed by atoms with Crippen LogP contribution in [0.3, 0.4) is 0 Å². The molecule has 76 valence electrons. The summed E-state index contributed by atoms with van der Waals surface area (Å²) in [6.45, 7) is 0. The Morgan fingerprint density at radius 1 is 1.29 bits per heavy atom. The second-order valence-corrected chi connectivity index (χ2v) is 3.84. The molecule has 0 N–H and O–H groups in total. The van der Waals surface area contributed by atoms with E-state index in [-0.39, 0.29) is 5.02 Å². The number of benzene rings is 1. The Kier molecular flexibility index (Phi) is 3.21. The molecule has 0 aliphatic rings. The van der Waals surface area contributed by atoms with Crippen molar-refractivity contribution in [1.29, 1.82) is 0 Å². The lowest BCUT2D eigenvalue weighted by atomic mass is 10.1. The molecule has 1 aromatic rings. The molecular weight excluding hydrogens is 284 g/mol. The predicted molar refractivity (Wildman–Crippen MR) is 49.5 cm³/mol. The van der Waals surface area contributed by atoms with E-state index < -0.39 is 17.5 Å². The lowest BCUT2D eigenvalue weighted by Gasteiger charge is -2.05. The Balaban J connectivity index is 3.14. The molecule has 0 saturated carbocycles. The normalized spacial score (nSPS) is 11.5. The molecule has 0 aliphatic carbocycles. The number of halogens is 5. The van der Waals surface area contributed by atoms with Gasteiger partial charge in [-0.05, 0) is 18.2 Å². The average Bonchev–Trinajstić information content (AvgIpc) is 1.99. The van der Waals surface area contributed by atoms with Crippen molar-refractivity contribution in [2.45, 2.75) is 6.18 Å². The summed E-state index contributed by atoms with van der Waals surface area (Å²) in [5, 5.41) is 0.0759. The van der Waals surface area contributed by atoms with Crippen LogP contribution in [0.5, 0.6) is 0 Å². The third-order valence-electron chi connectivity index (χ3n) is 1.38. The summed E-state index contributed by atoms with van der Waals surface area (Å²) in [6.07, 6.45) is -4.87. The molecule has 0 heterocycles. The van der Waals surface area contributed by atoms with Crippen LogP contribution in [-0.2, 0) is 0 Å². The Bertz CT molecular complexity index is 355. The lowest BCUT2D eigenvalue weighted by molar-refractivity contribution is -0.0885. The zero-order valence-corrected chi connectivity index (χ0v) is 8.87. The molecule has 0 fully saturated rings. The zero-order valence-electron chi connectivity index (χ0n) is 6.53. The van der Waals surface area contributed by atoms with Crippen molar-refractivity contribution in [3.63, 3.8) is 0 Å². The molecule has 0 saturated heterocycles. The Morgan fingerprint density at radius 3 is 2.29 bits per heavy atom. The number of rotatable bonds is 1. The molecular formula is C8H3BrClF3O. The van der Waals surface area contributed by atoms with Crippen LogP contribution >= 0.6 is 27.5 Å². The molecule has 0 unspecified atom stereocenters. The van der Waals surface area contributed by atoms with E-state index in [1.165, 1.54) is 6.07 Å². The van der Waals surface area contributed by atoms with E-state index in [4.69, 9.17) is 11.6 Å². The summed E-state index contributed by atoms with van der Waals surface area (Å²) in [7, 11) is 0. The van der Waals surface area contributed by atoms with Gasteiger partial charge in [-0.25, -0.2) is 0 Å². The summed E-state index contributed by atoms with van der Waals surface area (Å²) < 4.78 is 36.3. The first kappa shape index (κ1) is 11.5. The quantitative estimate of drug-likeness (QED) is 0.717. The summed E-state index contributed by atoms with van der Waals surface area (Å²) >= 11 is 8.44. The molecule has 0 spiro atoms. The zero-order chi connectivity index (χ0) is 10.9. The fraction of sp³-hybridized carbons (Fsp3) is 0.125. The van der Waals surface area contributed by atoms with Crippen LogP contribution in [0.2, 0.25) is 5.02 Å². The minimum absolute atomic E-state index is 0.0759. The topological polar surface area (TPSA) is 17.1 Å². The van der Waals surface area contributed by atoms with Crippen LogP contribution in [0.15, 0.2) is 22.7 Å². The number of ketones is 1. The molecule has 1 rings (SSSR count). The van der Waals surface area contributed by atoms with Crippen molar-refractivity contribution in [1.82, 2.24) is 0 Å². The maximum Gasteiger partial charge on any atom is 0.454 e. The number of carbonyl (C=O) groups excluding carboxylic acids is 1. The highest BCUT2D eigenvalue weighted by Crippen LogP contribution is 2.26. The van der Waals surface area contributed by atoms with Crippen molar-refractivity contribution in [3.8, 4) is 0 Å². The van der Waals surface area contributed by atoms with E-state index in [0.717, 1.165) is 12.1 Å². The number of carbonyl (C=O) groups is 1. The lowest BCUT2D eigenvalue weighted by Crippen LogP contribution is -2.22. The summed E-state index contributed by atoms with van der Waals surface area (Å²) in [5.41, 5.74) is -0.475. The monoisotopic (exact) mass is 286 g/mol. The second-order valence-electron chi connectivity index (χ2n) is 2.49. The predicted octanol–water partition coefficient (Wildman–Crippen LogP) is 3.85. The van der Waals surface area contributed by atoms with E-state index in [1.807, 2.05) is 0 Å². The van der Waals surface area contributed by atoms with Gasteiger partial charge in [-0.3, -0.25) is 4.79 Å². The first-order valence-electron chi connectivity index (χ1n) is 3.38. The van der Waals surface area contributed by atoms with Crippen LogP contribution in [0.25, 0.3) is 0 Å². The first-order valence-corrected chi connectivity index (χ1v) is 4.55. The summed E-state index contributed by atoms with van der Waals surface area (Å²) in [6, 6.07) is 3.44. The molecule has 0 aromatic heterocycles. The van der Waals surface area contributed by atoms with Crippen molar-refractivity contribution < 1.29 is 18.0 Å². The average molecular weight is 287 g/mol. The van der Waals surface area contributed by atoms with E-state index in [9.17, 15) is 18.0 Å². The standard InChI is InChI=1S/C8H3BrClF3O/c9-5-1-4(2-6(10)3-5)7(14)8(11,12)13/h1-3H. The number of Topliss-reactive ketones (excluding diaryl/α,β-unsaturated/α-hetero) is 1. The third kappa shape index (κ3) is 2.72. The fourth-order valence-corrected chi connectivity index (χ4v) is 1.71. The number of hydrogen-bond donors (Lipinski definition) is 0. The van der Waals surface area contributed by atoms with Crippen LogP contribution in [0, 0.1) is 0 Å². The van der Waals surface area contributed by atoms with Gasteiger partial charge in [0, 0.05) is 15.1 Å². The van der Waals surface area contributed by atoms with Crippen LogP contribution in [-0.4, -0.2) is 12.0 Å². The molecule has 1 aromatic carbocycles. The summed E-state index contributed by atoms with van der Waals surface area (Å²) in [5.74, 6) is -1.90. The van der Waals surface area contributed by atoms with Crippen LogP contribution < -0.4 is 0 Å². The fourth-order valence-electron chi connectivity index (χ4n) is 0.849. The number of alkyl halides is 3. The maximum absolute atomic E-state index is 12.0. The molecule has 0 amide bonds. The Labute approximate surface area is 91.0 Å². The summed E-state index contributed by atoms with van der Waals surface area (Å²) in [4.78, 5) is 10.8. The van der Waals surface area contributed by atoms with E-state index in [2.05, 4.69) is 15.9 Å². The SMILES string of the molecule is O=C(c1cc(Cl)cc(Br)c1)C(F)(F)F. The Hall–Kier alpha value is -0.550. The van der Waals surface area contributed by atoms with Gasteiger partial charge in [0.25, 0.3) is 5.78 Å². The van der Waals surface area contributed by atoms with Gasteiger partial charge in [0.1, 0.15) is 0 Å². The van der Waals surface area contributed by atoms with Gasteiger partial charge >= 0.3 is 6.18 Å². The van der Waals surface area contributed by atoms with E-state index in [0.29, 0.717) is 4.47 Å². The second kappa shape index (κ2) is 3.90. The van der Waals surface area contributed by atoms with Gasteiger partial charge in [-0.1, -0.05) is 27.5 Å². The number of hydrogen-bond acceptors (Lipinski definition) is 1.